The predicted octanol–water partition coefficient (Wildman–Crippen LogP) is 1.33. The first-order chi connectivity index (χ1) is 5.33. The lowest BCUT2D eigenvalue weighted by atomic mass is 10.6. The van der Waals surface area contributed by atoms with E-state index >= 15 is 0 Å². The Kier molecular flexibility index (Phi) is 3.07. The number of hydrogen-bond acceptors (Lipinski definition) is 3. The molecule has 60 valence electrons. The Labute approximate surface area is 69.0 Å². The lowest BCUT2D eigenvalue weighted by Gasteiger charge is -1.99. The van der Waals surface area contributed by atoms with Crippen molar-refractivity contribution < 1.29 is 9.53 Å². The van der Waals surface area contributed by atoms with Crippen molar-refractivity contribution in [1.29, 1.82) is 0 Å². The molecule has 1 N–H and O–H groups in total. The van der Waals surface area contributed by atoms with E-state index in [4.69, 9.17) is 0 Å². The van der Waals surface area contributed by atoms with Crippen LogP contribution in [0.15, 0.2) is 17.5 Å². The van der Waals surface area contributed by atoms with Crippen LogP contribution in [0.3, 0.4) is 0 Å². The van der Waals surface area contributed by atoms with Gasteiger partial charge in [-0.15, -0.1) is 11.3 Å². The summed E-state index contributed by atoms with van der Waals surface area (Å²) in [5.41, 5.74) is 0. The van der Waals surface area contributed by atoms with Crippen molar-refractivity contribution in [2.45, 2.75) is 0 Å². The molecule has 1 rings (SSSR count). The number of anilines is 1. The van der Waals surface area contributed by atoms with Crippen molar-refractivity contribution >= 4 is 22.2 Å². The summed E-state index contributed by atoms with van der Waals surface area (Å²) in [6.07, 6.45) is 0. The van der Waals surface area contributed by atoms with Gasteiger partial charge in [-0.05, 0) is 17.5 Å². The summed E-state index contributed by atoms with van der Waals surface area (Å²) < 4.78 is 4.64. The lowest BCUT2D eigenvalue weighted by Crippen LogP contribution is -2.16. The number of amides is 1. The highest BCUT2D eigenvalue weighted by molar-refractivity contribution is 7.14. The van der Waals surface area contributed by atoms with Gasteiger partial charge in [-0.3, -0.25) is 4.79 Å². The van der Waals surface area contributed by atoms with E-state index in [0.29, 0.717) is 0 Å². The van der Waals surface area contributed by atoms with Gasteiger partial charge in [-0.25, -0.2) is 0 Å². The average molecular weight is 171 g/mol. The van der Waals surface area contributed by atoms with Crippen LogP contribution in [0.4, 0.5) is 5.00 Å². The first-order valence-electron chi connectivity index (χ1n) is 3.15. The molecule has 0 fully saturated rings. The van der Waals surface area contributed by atoms with Crippen molar-refractivity contribution in [2.75, 3.05) is 19.0 Å². The van der Waals surface area contributed by atoms with Gasteiger partial charge in [0, 0.05) is 7.11 Å². The van der Waals surface area contributed by atoms with E-state index in [-0.39, 0.29) is 12.5 Å². The Bertz CT molecular complexity index is 220. The molecule has 1 amide bonds. The Morgan fingerprint density at radius 2 is 2.64 bits per heavy atom. The number of nitrogens with one attached hydrogen (secondary N) is 1. The van der Waals surface area contributed by atoms with E-state index in [2.05, 4.69) is 10.1 Å². The van der Waals surface area contributed by atoms with Crippen molar-refractivity contribution in [1.82, 2.24) is 0 Å². The Morgan fingerprint density at radius 3 is 3.18 bits per heavy atom. The van der Waals surface area contributed by atoms with Gasteiger partial charge >= 0.3 is 0 Å². The molecule has 0 radical (unpaired) electrons. The third-order valence-corrected chi connectivity index (χ3v) is 1.84. The molecular weight excluding hydrogens is 162 g/mol. The third-order valence-electron chi connectivity index (χ3n) is 1.06. The van der Waals surface area contributed by atoms with Gasteiger partial charge in [0.05, 0.1) is 5.00 Å². The van der Waals surface area contributed by atoms with E-state index in [0.717, 1.165) is 5.00 Å². The first-order valence-corrected chi connectivity index (χ1v) is 4.03. The highest BCUT2D eigenvalue weighted by atomic mass is 32.1. The molecule has 0 bridgehead atoms. The zero-order chi connectivity index (χ0) is 8.10. The van der Waals surface area contributed by atoms with Crippen LogP contribution in [0.25, 0.3) is 0 Å². The van der Waals surface area contributed by atoms with E-state index in [1.165, 1.54) is 18.4 Å². The smallest absolute Gasteiger partial charge is 0.250 e. The predicted molar refractivity (Wildman–Crippen MR) is 44.8 cm³/mol. The van der Waals surface area contributed by atoms with Crippen LogP contribution in [0, 0.1) is 0 Å². The van der Waals surface area contributed by atoms with Gasteiger partial charge in [0.15, 0.2) is 0 Å². The van der Waals surface area contributed by atoms with Gasteiger partial charge < -0.3 is 10.1 Å². The number of carbonyl (C=O) groups is 1. The summed E-state index contributed by atoms with van der Waals surface area (Å²) in [5.74, 6) is -0.116. The van der Waals surface area contributed by atoms with Crippen molar-refractivity contribution in [3.8, 4) is 0 Å². The van der Waals surface area contributed by atoms with Gasteiger partial charge in [0.1, 0.15) is 6.61 Å². The summed E-state index contributed by atoms with van der Waals surface area (Å²) in [5, 5.41) is 5.44. The summed E-state index contributed by atoms with van der Waals surface area (Å²) >= 11 is 1.49. The minimum atomic E-state index is -0.116. The quantitative estimate of drug-likeness (QED) is 0.745. The van der Waals surface area contributed by atoms with Gasteiger partial charge in [-0.1, -0.05) is 0 Å². The second-order valence-corrected chi connectivity index (χ2v) is 2.91. The second-order valence-electron chi connectivity index (χ2n) is 1.96. The largest absolute Gasteiger partial charge is 0.375 e. The van der Waals surface area contributed by atoms with E-state index < -0.39 is 0 Å². The van der Waals surface area contributed by atoms with E-state index in [9.17, 15) is 4.79 Å². The zero-order valence-electron chi connectivity index (χ0n) is 6.16. The van der Waals surface area contributed by atoms with Crippen LogP contribution in [0.5, 0.6) is 0 Å². The molecule has 1 heterocycles. The Morgan fingerprint density at radius 1 is 1.82 bits per heavy atom. The Hall–Kier alpha value is -0.870. The van der Waals surface area contributed by atoms with Crippen LogP contribution < -0.4 is 5.32 Å². The minimum absolute atomic E-state index is 0.109. The summed E-state index contributed by atoms with van der Waals surface area (Å²) in [6, 6.07) is 3.73. The number of thiophene rings is 1. The molecule has 0 unspecified atom stereocenters. The highest BCUT2D eigenvalue weighted by Gasteiger charge is 1.99. The zero-order valence-corrected chi connectivity index (χ0v) is 6.98. The van der Waals surface area contributed by atoms with Gasteiger partial charge in [0.25, 0.3) is 5.91 Å². The molecule has 0 aromatic carbocycles. The van der Waals surface area contributed by atoms with Crippen molar-refractivity contribution in [2.24, 2.45) is 0 Å². The maximum atomic E-state index is 10.9. The molecule has 0 aliphatic heterocycles. The molecule has 4 heteroatoms. The molecule has 0 spiro atoms. The van der Waals surface area contributed by atoms with Crippen LogP contribution in [0.1, 0.15) is 0 Å². The van der Waals surface area contributed by atoms with Crippen LogP contribution in [-0.2, 0) is 9.53 Å². The number of hydrogen-bond donors (Lipinski definition) is 1. The fraction of sp³-hybridized carbons (Fsp3) is 0.286. The van der Waals surface area contributed by atoms with Crippen molar-refractivity contribution in [3.05, 3.63) is 17.5 Å². The van der Waals surface area contributed by atoms with Crippen LogP contribution in [-0.4, -0.2) is 19.6 Å². The fourth-order valence-electron chi connectivity index (χ4n) is 0.654. The van der Waals surface area contributed by atoms with Crippen LogP contribution in [0.2, 0.25) is 0 Å². The lowest BCUT2D eigenvalue weighted by molar-refractivity contribution is -0.119. The number of ether oxygens (including phenoxy) is 1. The summed E-state index contributed by atoms with van der Waals surface area (Å²) in [6.45, 7) is 0.109. The summed E-state index contributed by atoms with van der Waals surface area (Å²) in [7, 11) is 1.49. The molecule has 1 aromatic heterocycles. The van der Waals surface area contributed by atoms with Crippen LogP contribution >= 0.6 is 11.3 Å². The topological polar surface area (TPSA) is 38.3 Å². The monoisotopic (exact) mass is 171 g/mol. The average Bonchev–Trinajstić information content (AvgIpc) is 2.40. The third kappa shape index (κ3) is 2.69. The number of carbonyl (C=O) groups excluding carboxylic acids is 1. The highest BCUT2D eigenvalue weighted by Crippen LogP contribution is 2.14. The molecule has 0 saturated carbocycles. The maximum Gasteiger partial charge on any atom is 0.250 e. The van der Waals surface area contributed by atoms with E-state index in [1.54, 1.807) is 0 Å². The second kappa shape index (κ2) is 4.10. The van der Waals surface area contributed by atoms with Crippen molar-refractivity contribution in [3.63, 3.8) is 0 Å². The molecule has 0 aliphatic carbocycles. The first kappa shape index (κ1) is 8.23. The summed E-state index contributed by atoms with van der Waals surface area (Å²) in [4.78, 5) is 10.9. The molecule has 11 heavy (non-hydrogen) atoms. The number of methoxy groups -OCH3 is 1. The SMILES string of the molecule is COCC(=O)Nc1cccs1. The molecule has 0 saturated heterocycles. The maximum absolute atomic E-state index is 10.9. The normalized spacial score (nSPS) is 9.55. The molecule has 1 aromatic rings. The number of rotatable bonds is 3. The minimum Gasteiger partial charge on any atom is -0.375 e. The molecule has 0 atom stereocenters. The fourth-order valence-corrected chi connectivity index (χ4v) is 1.29. The molecule has 0 aliphatic rings. The molecule has 3 nitrogen and oxygen atoms in total. The standard InChI is InChI=1S/C7H9NO2S/c1-10-5-6(9)8-7-3-2-4-11-7/h2-4H,5H2,1H3,(H,8,9). The van der Waals surface area contributed by atoms with Gasteiger partial charge in [-0.2, -0.15) is 0 Å². The Balaban J connectivity index is 2.37. The van der Waals surface area contributed by atoms with E-state index in [1.807, 2.05) is 17.5 Å². The van der Waals surface area contributed by atoms with Gasteiger partial charge in [0.2, 0.25) is 0 Å². The molecular formula is C7H9NO2S.